The first kappa shape index (κ1) is 24.7. The van der Waals surface area contributed by atoms with E-state index in [1.807, 2.05) is 0 Å². The van der Waals surface area contributed by atoms with Gasteiger partial charge in [0.25, 0.3) is 0 Å². The van der Waals surface area contributed by atoms with Crippen molar-refractivity contribution in [1.82, 2.24) is 10.3 Å². The molecule has 1 N–H and O–H groups in total. The third-order valence-corrected chi connectivity index (χ3v) is 4.19. The summed E-state index contributed by atoms with van der Waals surface area (Å²) in [5.74, 6) is -3.54. The molecule has 0 spiro atoms. The molecule has 5 unspecified atom stereocenters. The van der Waals surface area contributed by atoms with E-state index in [9.17, 15) is 24.0 Å². The molecule has 0 bridgehead atoms. The number of carbonyl (C=O) groups is 5. The Morgan fingerprint density at radius 3 is 2.16 bits per heavy atom. The molecular formula is C20H24N2O10. The van der Waals surface area contributed by atoms with Crippen molar-refractivity contribution >= 4 is 29.8 Å². The quantitative estimate of drug-likeness (QED) is 0.435. The molecule has 1 aromatic rings. The average molecular weight is 452 g/mol. The maximum Gasteiger partial charge on any atom is 0.342 e. The van der Waals surface area contributed by atoms with E-state index >= 15 is 0 Å². The van der Waals surface area contributed by atoms with Gasteiger partial charge >= 0.3 is 23.9 Å². The molecular weight excluding hydrogens is 428 g/mol. The number of pyridine rings is 1. The smallest absolute Gasteiger partial charge is 0.342 e. The van der Waals surface area contributed by atoms with Gasteiger partial charge in [-0.2, -0.15) is 0 Å². The molecule has 32 heavy (non-hydrogen) atoms. The Balaban J connectivity index is 2.42. The van der Waals surface area contributed by atoms with Crippen LogP contribution >= 0.6 is 0 Å². The number of nitrogens with one attached hydrogen (secondary N) is 1. The van der Waals surface area contributed by atoms with E-state index in [4.69, 9.17) is 23.7 Å². The van der Waals surface area contributed by atoms with E-state index in [1.54, 1.807) is 0 Å². The number of ether oxygens (including phenoxy) is 5. The molecule has 0 aliphatic carbocycles. The highest BCUT2D eigenvalue weighted by Gasteiger charge is 2.52. The normalized spacial score (nSPS) is 24.6. The number of nitrogens with zero attached hydrogens (tertiary/aromatic N) is 1. The Labute approximate surface area is 183 Å². The summed E-state index contributed by atoms with van der Waals surface area (Å²) in [6.45, 7) is 4.18. The molecule has 1 aromatic heterocycles. The molecule has 1 amide bonds. The minimum atomic E-state index is -1.48. The molecule has 1 fully saturated rings. The number of carbonyl (C=O) groups excluding carboxylic acids is 5. The van der Waals surface area contributed by atoms with E-state index in [2.05, 4.69) is 10.3 Å². The molecule has 12 nitrogen and oxygen atoms in total. The highest BCUT2D eigenvalue weighted by atomic mass is 16.7. The fraction of sp³-hybridized carbons (Fsp3) is 0.500. The fourth-order valence-electron chi connectivity index (χ4n) is 3.05. The predicted octanol–water partition coefficient (Wildman–Crippen LogP) is -0.105. The van der Waals surface area contributed by atoms with Crippen LogP contribution in [0.1, 0.15) is 38.1 Å². The van der Waals surface area contributed by atoms with Crippen molar-refractivity contribution in [3.8, 4) is 0 Å². The molecule has 1 saturated heterocycles. The van der Waals surface area contributed by atoms with Crippen LogP contribution in [0.3, 0.4) is 0 Å². The van der Waals surface area contributed by atoms with Crippen molar-refractivity contribution in [2.45, 2.75) is 58.3 Å². The molecule has 0 aromatic carbocycles. The van der Waals surface area contributed by atoms with Crippen LogP contribution in [-0.4, -0.2) is 72.0 Å². The van der Waals surface area contributed by atoms with Crippen molar-refractivity contribution in [2.24, 2.45) is 0 Å². The Bertz CT molecular complexity index is 859. The van der Waals surface area contributed by atoms with Crippen molar-refractivity contribution in [1.29, 1.82) is 0 Å². The van der Waals surface area contributed by atoms with Gasteiger partial charge in [0, 0.05) is 40.1 Å². The molecule has 174 valence electrons. The van der Waals surface area contributed by atoms with Crippen LogP contribution in [0.5, 0.6) is 0 Å². The monoisotopic (exact) mass is 452 g/mol. The summed E-state index contributed by atoms with van der Waals surface area (Å²) in [7, 11) is 0. The van der Waals surface area contributed by atoms with Crippen LogP contribution in [0.25, 0.3) is 0 Å². The largest absolute Gasteiger partial charge is 0.463 e. The minimum absolute atomic E-state index is 0.0976. The molecule has 5 atom stereocenters. The summed E-state index contributed by atoms with van der Waals surface area (Å²) in [6.07, 6.45) is -2.53. The molecule has 2 rings (SSSR count). The van der Waals surface area contributed by atoms with Crippen molar-refractivity contribution in [3.05, 3.63) is 30.1 Å². The maximum absolute atomic E-state index is 12.6. The summed E-state index contributed by atoms with van der Waals surface area (Å²) >= 11 is 0. The molecule has 2 heterocycles. The van der Waals surface area contributed by atoms with E-state index in [1.165, 1.54) is 31.5 Å². The summed E-state index contributed by atoms with van der Waals surface area (Å²) in [5, 5.41) is 2.50. The van der Waals surface area contributed by atoms with Gasteiger partial charge in [0.05, 0.1) is 5.56 Å². The van der Waals surface area contributed by atoms with Crippen molar-refractivity contribution in [3.63, 3.8) is 0 Å². The van der Waals surface area contributed by atoms with Crippen LogP contribution in [0, 0.1) is 0 Å². The zero-order chi connectivity index (χ0) is 23.8. The Kier molecular flexibility index (Phi) is 8.64. The second-order valence-corrected chi connectivity index (χ2v) is 6.87. The third-order valence-electron chi connectivity index (χ3n) is 4.19. The Morgan fingerprint density at radius 2 is 1.62 bits per heavy atom. The van der Waals surface area contributed by atoms with Gasteiger partial charge in [0.1, 0.15) is 18.8 Å². The van der Waals surface area contributed by atoms with Gasteiger partial charge in [-0.05, 0) is 12.1 Å². The van der Waals surface area contributed by atoms with E-state index in [0.29, 0.717) is 0 Å². The summed E-state index contributed by atoms with van der Waals surface area (Å²) in [4.78, 5) is 63.0. The summed E-state index contributed by atoms with van der Waals surface area (Å²) < 4.78 is 26.7. The van der Waals surface area contributed by atoms with Gasteiger partial charge in [-0.1, -0.05) is 0 Å². The number of aromatic nitrogens is 1. The molecule has 12 heteroatoms. The lowest BCUT2D eigenvalue weighted by Crippen LogP contribution is -2.66. The van der Waals surface area contributed by atoms with Crippen molar-refractivity contribution < 1.29 is 47.7 Å². The van der Waals surface area contributed by atoms with Crippen LogP contribution in [-0.2, 0) is 42.9 Å². The van der Waals surface area contributed by atoms with E-state index < -0.39 is 67.0 Å². The molecule has 0 saturated carbocycles. The van der Waals surface area contributed by atoms with Crippen LogP contribution in [0.4, 0.5) is 0 Å². The Hall–Kier alpha value is -3.54. The zero-order valence-electron chi connectivity index (χ0n) is 17.9. The first-order valence-corrected chi connectivity index (χ1v) is 9.59. The highest BCUT2D eigenvalue weighted by Crippen LogP contribution is 2.28. The van der Waals surface area contributed by atoms with Gasteiger partial charge < -0.3 is 29.0 Å². The highest BCUT2D eigenvalue weighted by molar-refractivity contribution is 5.89. The first-order chi connectivity index (χ1) is 15.1. The average Bonchev–Trinajstić information content (AvgIpc) is 2.70. The minimum Gasteiger partial charge on any atom is -0.463 e. The van der Waals surface area contributed by atoms with Gasteiger partial charge in [0.15, 0.2) is 12.2 Å². The number of hydrogen-bond donors (Lipinski definition) is 1. The third kappa shape index (κ3) is 7.01. The number of hydrogen-bond acceptors (Lipinski definition) is 11. The second kappa shape index (κ2) is 11.2. The first-order valence-electron chi connectivity index (χ1n) is 9.59. The van der Waals surface area contributed by atoms with Crippen LogP contribution in [0.15, 0.2) is 24.5 Å². The van der Waals surface area contributed by atoms with Crippen LogP contribution < -0.4 is 5.32 Å². The van der Waals surface area contributed by atoms with Gasteiger partial charge in [0.2, 0.25) is 12.2 Å². The fourth-order valence-corrected chi connectivity index (χ4v) is 3.05. The van der Waals surface area contributed by atoms with Gasteiger partial charge in [-0.3, -0.25) is 24.2 Å². The van der Waals surface area contributed by atoms with Crippen LogP contribution in [0.2, 0.25) is 0 Å². The van der Waals surface area contributed by atoms with Crippen molar-refractivity contribution in [2.75, 3.05) is 6.61 Å². The zero-order valence-corrected chi connectivity index (χ0v) is 17.9. The number of amides is 1. The second-order valence-electron chi connectivity index (χ2n) is 6.87. The summed E-state index contributed by atoms with van der Waals surface area (Å²) in [6, 6.07) is 1.73. The molecule has 1 aliphatic heterocycles. The number of rotatable bonds is 7. The lowest BCUT2D eigenvalue weighted by Gasteiger charge is -2.44. The standard InChI is InChI=1S/C20H24N2O10/c1-10(23)22-16-18(30-13(4)26)17(29-12(3)25)15(9-28-11(2)24)31-20(16)32-19(27)14-6-5-7-21-8-14/h5-8,15-18,20H,9H2,1-4H3,(H,22,23). The van der Waals surface area contributed by atoms with E-state index in [0.717, 1.165) is 20.8 Å². The molecule has 1 aliphatic rings. The lowest BCUT2D eigenvalue weighted by molar-refractivity contribution is -0.263. The Morgan fingerprint density at radius 1 is 0.969 bits per heavy atom. The topological polar surface area (TPSA) is 156 Å². The summed E-state index contributed by atoms with van der Waals surface area (Å²) in [5.41, 5.74) is 0.0976. The van der Waals surface area contributed by atoms with Gasteiger partial charge in [-0.25, -0.2) is 4.79 Å². The SMILES string of the molecule is CC(=O)NC1C(OC(=O)c2cccnc2)OC(COC(C)=O)C(OC(C)=O)C1OC(C)=O. The van der Waals surface area contributed by atoms with E-state index in [-0.39, 0.29) is 5.56 Å². The van der Waals surface area contributed by atoms with Gasteiger partial charge in [-0.15, -0.1) is 0 Å². The number of esters is 4. The predicted molar refractivity (Wildman–Crippen MR) is 104 cm³/mol. The molecule has 0 radical (unpaired) electrons. The lowest BCUT2D eigenvalue weighted by atomic mass is 9.96. The maximum atomic E-state index is 12.6.